The van der Waals surface area contributed by atoms with E-state index < -0.39 is 12.1 Å². The van der Waals surface area contributed by atoms with E-state index in [1.54, 1.807) is 24.4 Å². The van der Waals surface area contributed by atoms with Gasteiger partial charge in [0, 0.05) is 11.6 Å². The number of anilines is 1. The Morgan fingerprint density at radius 2 is 1.74 bits per heavy atom. The number of hydrogen-bond donors (Lipinski definition) is 2. The van der Waals surface area contributed by atoms with Gasteiger partial charge in [-0.2, -0.15) is 0 Å². The smallest absolute Gasteiger partial charge is 0.412 e. The van der Waals surface area contributed by atoms with Gasteiger partial charge in [-0.05, 0) is 42.2 Å². The van der Waals surface area contributed by atoms with Gasteiger partial charge in [-0.3, -0.25) is 9.88 Å². The van der Waals surface area contributed by atoms with Crippen molar-refractivity contribution in [3.05, 3.63) is 65.9 Å². The number of fused-ring (bicyclic) bond motifs is 1. The summed E-state index contributed by atoms with van der Waals surface area (Å²) in [5.74, 6) is 0.0299. The van der Waals surface area contributed by atoms with Crippen molar-refractivity contribution in [2.75, 3.05) is 4.90 Å². The lowest BCUT2D eigenvalue weighted by molar-refractivity contribution is 0.189. The van der Waals surface area contributed by atoms with E-state index in [0.717, 1.165) is 11.1 Å². The minimum Gasteiger partial charge on any atom is -0.506 e. The van der Waals surface area contributed by atoms with Gasteiger partial charge in [0.1, 0.15) is 11.3 Å². The van der Waals surface area contributed by atoms with E-state index in [2.05, 4.69) is 4.98 Å². The molecule has 0 spiro atoms. The first kappa shape index (κ1) is 18.7. The number of phenols is 1. The molecular weight excluding hydrogens is 340 g/mol. The molecule has 5 heteroatoms. The van der Waals surface area contributed by atoms with Gasteiger partial charge in [-0.25, -0.2) is 4.79 Å². The number of phenolic OH excluding ortho intramolecular Hbond substituents is 1. The second-order valence-corrected chi connectivity index (χ2v) is 7.84. The summed E-state index contributed by atoms with van der Waals surface area (Å²) in [5, 5.41) is 20.9. The van der Waals surface area contributed by atoms with E-state index in [1.807, 2.05) is 52.0 Å². The summed E-state index contributed by atoms with van der Waals surface area (Å²) >= 11 is 0. The average Bonchev–Trinajstić information content (AvgIpc) is 2.61. The van der Waals surface area contributed by atoms with Crippen molar-refractivity contribution < 1.29 is 15.0 Å². The molecular formula is C22H24N2O3. The third kappa shape index (κ3) is 3.58. The first-order valence-corrected chi connectivity index (χ1v) is 8.85. The monoisotopic (exact) mass is 364 g/mol. The fraction of sp³-hybridized carbons (Fsp3) is 0.273. The molecule has 0 aliphatic heterocycles. The Balaban J connectivity index is 2.26. The summed E-state index contributed by atoms with van der Waals surface area (Å²) in [7, 11) is 0. The lowest BCUT2D eigenvalue weighted by Gasteiger charge is -2.39. The largest absolute Gasteiger partial charge is 0.506 e. The molecule has 0 aliphatic carbocycles. The molecule has 1 atom stereocenters. The molecule has 140 valence electrons. The van der Waals surface area contributed by atoms with Gasteiger partial charge in [0.15, 0.2) is 0 Å². The van der Waals surface area contributed by atoms with Crippen LogP contribution in [-0.2, 0) is 0 Å². The number of nitrogens with zero attached hydrogens (tertiary/aromatic N) is 2. The number of rotatable bonds is 3. The number of aryl methyl sites for hydroxylation is 1. The number of aromatic hydroxyl groups is 1. The highest BCUT2D eigenvalue weighted by molar-refractivity contribution is 6.02. The molecule has 0 radical (unpaired) electrons. The van der Waals surface area contributed by atoms with Gasteiger partial charge in [0.05, 0.1) is 11.7 Å². The standard InChI is InChI=1S/C22H24N2O3/c1-14-7-9-15(10-8-14)20(22(2,3)4)24(21(26)27)17-11-12-18(25)19-16(17)6-5-13-23-19/h5-13,20,25H,1-4H3,(H,26,27). The summed E-state index contributed by atoms with van der Waals surface area (Å²) in [5.41, 5.74) is 2.56. The van der Waals surface area contributed by atoms with Crippen molar-refractivity contribution in [3.63, 3.8) is 0 Å². The molecule has 0 saturated carbocycles. The van der Waals surface area contributed by atoms with Crippen molar-refractivity contribution in [3.8, 4) is 5.75 Å². The Morgan fingerprint density at radius 3 is 2.33 bits per heavy atom. The van der Waals surface area contributed by atoms with Crippen LogP contribution in [0.4, 0.5) is 10.5 Å². The zero-order valence-electron chi connectivity index (χ0n) is 16.0. The number of amides is 1. The third-order valence-corrected chi connectivity index (χ3v) is 4.66. The summed E-state index contributed by atoms with van der Waals surface area (Å²) in [6.45, 7) is 8.07. The number of aromatic nitrogens is 1. The Bertz CT molecular complexity index is 975. The fourth-order valence-corrected chi connectivity index (χ4v) is 3.49. The second-order valence-electron chi connectivity index (χ2n) is 7.84. The number of carboxylic acid groups (broad SMARTS) is 1. The maximum atomic E-state index is 12.4. The van der Waals surface area contributed by atoms with E-state index in [-0.39, 0.29) is 11.2 Å². The summed E-state index contributed by atoms with van der Waals surface area (Å²) in [4.78, 5) is 18.0. The van der Waals surface area contributed by atoms with Crippen LogP contribution in [0, 0.1) is 12.3 Å². The first-order chi connectivity index (χ1) is 12.7. The summed E-state index contributed by atoms with van der Waals surface area (Å²) in [6.07, 6.45) is 0.532. The van der Waals surface area contributed by atoms with E-state index in [0.29, 0.717) is 16.6 Å². The van der Waals surface area contributed by atoms with Gasteiger partial charge in [0.2, 0.25) is 0 Å². The minimum absolute atomic E-state index is 0.0299. The number of carbonyl (C=O) groups is 1. The molecule has 1 amide bonds. The molecule has 1 aromatic heterocycles. The zero-order chi connectivity index (χ0) is 19.8. The van der Waals surface area contributed by atoms with Crippen LogP contribution in [0.2, 0.25) is 0 Å². The quantitative estimate of drug-likeness (QED) is 0.642. The third-order valence-electron chi connectivity index (χ3n) is 4.66. The van der Waals surface area contributed by atoms with Crippen LogP contribution in [0.15, 0.2) is 54.7 Å². The number of hydrogen-bond acceptors (Lipinski definition) is 3. The van der Waals surface area contributed by atoms with E-state index in [4.69, 9.17) is 0 Å². The predicted octanol–water partition coefficient (Wildman–Crippen LogP) is 5.52. The summed E-state index contributed by atoms with van der Waals surface area (Å²) in [6, 6.07) is 14.2. The SMILES string of the molecule is Cc1ccc(C(N(C(=O)O)c2ccc(O)c3ncccc23)C(C)(C)C)cc1. The van der Waals surface area contributed by atoms with Crippen molar-refractivity contribution in [2.45, 2.75) is 33.7 Å². The Kier molecular flexibility index (Phi) is 4.79. The van der Waals surface area contributed by atoms with E-state index in [1.165, 1.54) is 11.0 Å². The normalized spacial score (nSPS) is 12.7. The Labute approximate surface area is 158 Å². The molecule has 3 rings (SSSR count). The van der Waals surface area contributed by atoms with Gasteiger partial charge in [0.25, 0.3) is 0 Å². The maximum Gasteiger partial charge on any atom is 0.412 e. The van der Waals surface area contributed by atoms with Crippen LogP contribution in [0.25, 0.3) is 10.9 Å². The molecule has 1 heterocycles. The van der Waals surface area contributed by atoms with Crippen LogP contribution < -0.4 is 4.90 Å². The molecule has 0 aliphatic rings. The first-order valence-electron chi connectivity index (χ1n) is 8.85. The second kappa shape index (κ2) is 6.91. The Morgan fingerprint density at radius 1 is 1.07 bits per heavy atom. The highest BCUT2D eigenvalue weighted by atomic mass is 16.4. The molecule has 2 aromatic carbocycles. The van der Waals surface area contributed by atoms with Gasteiger partial charge in [-0.15, -0.1) is 0 Å². The molecule has 0 bridgehead atoms. The molecule has 1 unspecified atom stereocenters. The molecule has 3 aromatic rings. The highest BCUT2D eigenvalue weighted by Crippen LogP contribution is 2.43. The highest BCUT2D eigenvalue weighted by Gasteiger charge is 2.36. The minimum atomic E-state index is -1.05. The average molecular weight is 364 g/mol. The van der Waals surface area contributed by atoms with Crippen LogP contribution in [-0.4, -0.2) is 21.3 Å². The summed E-state index contributed by atoms with van der Waals surface area (Å²) < 4.78 is 0. The Hall–Kier alpha value is -3.08. The molecule has 2 N–H and O–H groups in total. The van der Waals surface area contributed by atoms with Crippen LogP contribution in [0.5, 0.6) is 5.75 Å². The van der Waals surface area contributed by atoms with Crippen molar-refractivity contribution in [1.29, 1.82) is 0 Å². The topological polar surface area (TPSA) is 73.7 Å². The van der Waals surface area contributed by atoms with Gasteiger partial charge >= 0.3 is 6.09 Å². The van der Waals surface area contributed by atoms with E-state index in [9.17, 15) is 15.0 Å². The molecule has 0 saturated heterocycles. The van der Waals surface area contributed by atoms with Crippen molar-refractivity contribution >= 4 is 22.7 Å². The fourth-order valence-electron chi connectivity index (χ4n) is 3.49. The van der Waals surface area contributed by atoms with E-state index >= 15 is 0 Å². The molecule has 5 nitrogen and oxygen atoms in total. The number of pyridine rings is 1. The molecule has 27 heavy (non-hydrogen) atoms. The number of benzene rings is 2. The van der Waals surface area contributed by atoms with Crippen molar-refractivity contribution in [1.82, 2.24) is 4.98 Å². The lowest BCUT2D eigenvalue weighted by Crippen LogP contribution is -2.40. The predicted molar refractivity (Wildman–Crippen MR) is 107 cm³/mol. The van der Waals surface area contributed by atoms with Gasteiger partial charge < -0.3 is 10.2 Å². The van der Waals surface area contributed by atoms with Crippen LogP contribution in [0.3, 0.4) is 0 Å². The lowest BCUT2D eigenvalue weighted by atomic mass is 9.80. The zero-order valence-corrected chi connectivity index (χ0v) is 16.0. The van der Waals surface area contributed by atoms with Gasteiger partial charge in [-0.1, -0.05) is 50.6 Å². The van der Waals surface area contributed by atoms with Crippen LogP contribution >= 0.6 is 0 Å². The van der Waals surface area contributed by atoms with Crippen molar-refractivity contribution in [2.24, 2.45) is 5.41 Å². The molecule has 0 fully saturated rings. The van der Waals surface area contributed by atoms with Crippen LogP contribution in [0.1, 0.15) is 37.9 Å². The maximum absolute atomic E-state index is 12.4.